The van der Waals surface area contributed by atoms with Gasteiger partial charge < -0.3 is 9.47 Å². The Kier molecular flexibility index (Phi) is 7.63. The number of esters is 1. The van der Waals surface area contributed by atoms with E-state index >= 15 is 0 Å². The summed E-state index contributed by atoms with van der Waals surface area (Å²) >= 11 is 0. The SMILES string of the molecule is C=CC(=O)OC[SiH](CC)COCC. The lowest BCUT2D eigenvalue weighted by molar-refractivity contribution is -0.135. The molecular formula is C9H18O3Si. The molecule has 3 nitrogen and oxygen atoms in total. The fourth-order valence-electron chi connectivity index (χ4n) is 0.827. The molecule has 0 N–H and O–H groups in total. The first-order valence-electron chi connectivity index (χ1n) is 4.61. The van der Waals surface area contributed by atoms with Gasteiger partial charge in [-0.25, -0.2) is 4.79 Å². The predicted molar refractivity (Wildman–Crippen MR) is 55.3 cm³/mol. The van der Waals surface area contributed by atoms with E-state index in [2.05, 4.69) is 13.5 Å². The van der Waals surface area contributed by atoms with Crippen molar-refractivity contribution in [2.24, 2.45) is 0 Å². The summed E-state index contributed by atoms with van der Waals surface area (Å²) in [5, 5.41) is 0. The van der Waals surface area contributed by atoms with Crippen molar-refractivity contribution < 1.29 is 14.3 Å². The van der Waals surface area contributed by atoms with Crippen LogP contribution in [0.25, 0.3) is 0 Å². The van der Waals surface area contributed by atoms with Gasteiger partial charge in [-0.05, 0) is 6.92 Å². The quantitative estimate of drug-likeness (QED) is 0.352. The van der Waals surface area contributed by atoms with Gasteiger partial charge in [0.2, 0.25) is 0 Å². The molecule has 0 spiro atoms. The molecule has 0 aliphatic heterocycles. The molecular weight excluding hydrogens is 184 g/mol. The number of ether oxygens (including phenoxy) is 2. The normalized spacial score (nSPS) is 12.2. The maximum Gasteiger partial charge on any atom is 0.329 e. The molecule has 0 aliphatic rings. The molecule has 0 aromatic carbocycles. The second-order valence-electron chi connectivity index (χ2n) is 2.77. The van der Waals surface area contributed by atoms with Crippen molar-refractivity contribution in [3.05, 3.63) is 12.7 Å². The first-order valence-corrected chi connectivity index (χ1v) is 7.06. The summed E-state index contributed by atoms with van der Waals surface area (Å²) in [6.07, 6.45) is 2.54. The van der Waals surface area contributed by atoms with E-state index in [-0.39, 0.29) is 5.97 Å². The maximum atomic E-state index is 10.7. The molecule has 0 saturated heterocycles. The van der Waals surface area contributed by atoms with E-state index in [9.17, 15) is 4.79 Å². The smallest absolute Gasteiger partial charge is 0.329 e. The summed E-state index contributed by atoms with van der Waals surface area (Å²) in [5.41, 5.74) is 0. The first kappa shape index (κ1) is 12.4. The van der Waals surface area contributed by atoms with Gasteiger partial charge in [0, 0.05) is 18.9 Å². The Bertz CT molecular complexity index is 159. The van der Waals surface area contributed by atoms with Gasteiger partial charge in [0.25, 0.3) is 0 Å². The molecule has 0 radical (unpaired) electrons. The lowest BCUT2D eigenvalue weighted by Gasteiger charge is -2.12. The van der Waals surface area contributed by atoms with Crippen molar-refractivity contribution in [3.8, 4) is 0 Å². The van der Waals surface area contributed by atoms with Gasteiger partial charge >= 0.3 is 5.97 Å². The zero-order valence-electron chi connectivity index (χ0n) is 8.41. The van der Waals surface area contributed by atoms with Gasteiger partial charge in [0.1, 0.15) is 8.80 Å². The Hall–Kier alpha value is -0.613. The second-order valence-corrected chi connectivity index (χ2v) is 5.98. The van der Waals surface area contributed by atoms with Gasteiger partial charge in [0.15, 0.2) is 0 Å². The highest BCUT2D eigenvalue weighted by Gasteiger charge is 2.10. The fraction of sp³-hybridized carbons (Fsp3) is 0.667. The Labute approximate surface area is 81.3 Å². The van der Waals surface area contributed by atoms with Crippen molar-refractivity contribution >= 4 is 14.8 Å². The highest BCUT2D eigenvalue weighted by molar-refractivity contribution is 6.58. The average Bonchev–Trinajstić information content (AvgIpc) is 2.17. The monoisotopic (exact) mass is 202 g/mol. The maximum absolute atomic E-state index is 10.7. The van der Waals surface area contributed by atoms with Crippen LogP contribution in [0.15, 0.2) is 12.7 Å². The molecule has 4 heteroatoms. The molecule has 1 atom stereocenters. The van der Waals surface area contributed by atoms with Gasteiger partial charge in [-0.2, -0.15) is 0 Å². The summed E-state index contributed by atoms with van der Waals surface area (Å²) in [6.45, 7) is 8.15. The Morgan fingerprint density at radius 2 is 2.15 bits per heavy atom. The van der Waals surface area contributed by atoms with Gasteiger partial charge in [-0.15, -0.1) is 0 Å². The largest absolute Gasteiger partial charge is 0.467 e. The first-order chi connectivity index (χ1) is 6.24. The molecule has 0 aromatic heterocycles. The average molecular weight is 202 g/mol. The highest BCUT2D eigenvalue weighted by atomic mass is 28.3. The molecule has 0 fully saturated rings. The summed E-state index contributed by atoms with van der Waals surface area (Å²) in [5.74, 6) is -0.331. The fourth-order valence-corrected chi connectivity index (χ4v) is 2.36. The summed E-state index contributed by atoms with van der Waals surface area (Å²) < 4.78 is 10.3. The Balaban J connectivity index is 3.58. The molecule has 0 amide bonds. The molecule has 1 unspecified atom stereocenters. The van der Waals surface area contributed by atoms with Gasteiger partial charge in [-0.3, -0.25) is 0 Å². The van der Waals surface area contributed by atoms with Crippen LogP contribution in [0.3, 0.4) is 0 Å². The number of hydrogen-bond acceptors (Lipinski definition) is 3. The molecule has 0 bridgehead atoms. The van der Waals surface area contributed by atoms with Crippen molar-refractivity contribution in [2.45, 2.75) is 19.9 Å². The van der Waals surface area contributed by atoms with Gasteiger partial charge in [-0.1, -0.05) is 19.5 Å². The number of carbonyl (C=O) groups is 1. The van der Waals surface area contributed by atoms with E-state index < -0.39 is 8.80 Å². The van der Waals surface area contributed by atoms with Crippen LogP contribution in [0.4, 0.5) is 0 Å². The molecule has 0 aromatic rings. The van der Waals surface area contributed by atoms with E-state index in [0.717, 1.165) is 18.9 Å². The van der Waals surface area contributed by atoms with Crippen LogP contribution in [0.2, 0.25) is 6.04 Å². The van der Waals surface area contributed by atoms with E-state index in [4.69, 9.17) is 9.47 Å². The standard InChI is InChI=1S/C9H18O3Si/c1-4-9(10)12-8-13(6-3)7-11-5-2/h4,13H,1,5-8H2,2-3H3. The van der Waals surface area contributed by atoms with Crippen molar-refractivity contribution in [1.29, 1.82) is 0 Å². The van der Waals surface area contributed by atoms with Crippen LogP contribution in [-0.2, 0) is 14.3 Å². The zero-order chi connectivity index (χ0) is 10.1. The van der Waals surface area contributed by atoms with Crippen LogP contribution in [-0.4, -0.2) is 33.8 Å². The van der Waals surface area contributed by atoms with Crippen molar-refractivity contribution in [3.63, 3.8) is 0 Å². The Morgan fingerprint density at radius 3 is 2.62 bits per heavy atom. The summed E-state index contributed by atoms with van der Waals surface area (Å²) in [6, 6.07) is 1.09. The Morgan fingerprint density at radius 1 is 1.46 bits per heavy atom. The number of hydrogen-bond donors (Lipinski definition) is 0. The van der Waals surface area contributed by atoms with Crippen LogP contribution in [0.1, 0.15) is 13.8 Å². The minimum atomic E-state index is -1.01. The number of carbonyl (C=O) groups excluding carboxylic acids is 1. The minimum absolute atomic E-state index is 0.331. The highest BCUT2D eigenvalue weighted by Crippen LogP contribution is 1.94. The van der Waals surface area contributed by atoms with E-state index in [0.29, 0.717) is 6.23 Å². The van der Waals surface area contributed by atoms with Crippen LogP contribution in [0, 0.1) is 0 Å². The van der Waals surface area contributed by atoms with Crippen molar-refractivity contribution in [1.82, 2.24) is 0 Å². The zero-order valence-corrected chi connectivity index (χ0v) is 9.57. The topological polar surface area (TPSA) is 35.5 Å². The molecule has 13 heavy (non-hydrogen) atoms. The van der Waals surface area contributed by atoms with Crippen LogP contribution in [0.5, 0.6) is 0 Å². The van der Waals surface area contributed by atoms with E-state index in [1.807, 2.05) is 6.92 Å². The third-order valence-electron chi connectivity index (χ3n) is 1.76. The summed E-state index contributed by atoms with van der Waals surface area (Å²) in [4.78, 5) is 10.7. The van der Waals surface area contributed by atoms with Crippen molar-refractivity contribution in [2.75, 3.05) is 19.1 Å². The molecule has 0 heterocycles. The van der Waals surface area contributed by atoms with E-state index in [1.54, 1.807) is 0 Å². The lowest BCUT2D eigenvalue weighted by Crippen LogP contribution is -2.27. The minimum Gasteiger partial charge on any atom is -0.467 e. The number of rotatable bonds is 7. The van der Waals surface area contributed by atoms with E-state index in [1.165, 1.54) is 6.08 Å². The second kappa shape index (κ2) is 8.01. The molecule has 76 valence electrons. The third kappa shape index (κ3) is 6.54. The summed E-state index contributed by atoms with van der Waals surface area (Å²) in [7, 11) is -1.01. The van der Waals surface area contributed by atoms with Crippen LogP contribution < -0.4 is 0 Å². The molecule has 0 rings (SSSR count). The van der Waals surface area contributed by atoms with Gasteiger partial charge in [0.05, 0.1) is 6.23 Å². The molecule has 0 aliphatic carbocycles. The van der Waals surface area contributed by atoms with Crippen LogP contribution >= 0.6 is 0 Å². The molecule has 0 saturated carbocycles. The lowest BCUT2D eigenvalue weighted by atomic mass is 10.7. The third-order valence-corrected chi connectivity index (χ3v) is 4.26. The predicted octanol–water partition coefficient (Wildman–Crippen LogP) is 1.08.